The molecule has 27 heavy (non-hydrogen) atoms. The number of halogens is 1. The van der Waals surface area contributed by atoms with Crippen molar-refractivity contribution in [3.8, 4) is 0 Å². The number of furan rings is 1. The van der Waals surface area contributed by atoms with E-state index < -0.39 is 0 Å². The van der Waals surface area contributed by atoms with Crippen LogP contribution >= 0.6 is 11.6 Å². The minimum absolute atomic E-state index is 0.0795. The molecule has 1 N–H and O–H groups in total. The Morgan fingerprint density at radius 3 is 2.44 bits per heavy atom. The highest BCUT2D eigenvalue weighted by atomic mass is 35.5. The van der Waals surface area contributed by atoms with Crippen LogP contribution in [-0.2, 0) is 4.79 Å². The highest BCUT2D eigenvalue weighted by Gasteiger charge is 2.23. The molecule has 0 saturated carbocycles. The second kappa shape index (κ2) is 7.45. The van der Waals surface area contributed by atoms with Gasteiger partial charge in [-0.15, -0.1) is 0 Å². The van der Waals surface area contributed by atoms with E-state index in [0.717, 1.165) is 22.2 Å². The average Bonchev–Trinajstić information content (AvgIpc) is 2.94. The molecule has 3 aromatic rings. The second-order valence-electron chi connectivity index (χ2n) is 6.67. The van der Waals surface area contributed by atoms with E-state index >= 15 is 0 Å². The zero-order valence-electron chi connectivity index (χ0n) is 15.7. The Kier molecular flexibility index (Phi) is 5.24. The fraction of sp³-hybridized carbons (Fsp3) is 0.238. The number of nitrogens with zero attached hydrogens (tertiary/aromatic N) is 1. The summed E-state index contributed by atoms with van der Waals surface area (Å²) in [5, 5.41) is 4.25. The summed E-state index contributed by atoms with van der Waals surface area (Å²) in [6.07, 6.45) is 0. The zero-order chi connectivity index (χ0) is 19.7. The van der Waals surface area contributed by atoms with Crippen LogP contribution in [0, 0.1) is 20.8 Å². The van der Waals surface area contributed by atoms with Crippen LogP contribution in [0.15, 0.2) is 40.8 Å². The number of anilines is 1. The maximum absolute atomic E-state index is 12.8. The van der Waals surface area contributed by atoms with Crippen molar-refractivity contribution < 1.29 is 14.0 Å². The average molecular weight is 385 g/mol. The van der Waals surface area contributed by atoms with Crippen LogP contribution in [0.25, 0.3) is 11.0 Å². The standard InChI is InChI=1S/C21H21ClN2O3/c1-12-6-5-7-13(2)19(12)23-18(25)11-24(4)21(26)20-14(3)16-10-15(22)8-9-17(16)27-20/h5-10H,11H2,1-4H3,(H,23,25). The molecule has 0 unspecified atom stereocenters. The molecule has 6 heteroatoms. The highest BCUT2D eigenvalue weighted by Crippen LogP contribution is 2.28. The molecular weight excluding hydrogens is 364 g/mol. The van der Waals surface area contributed by atoms with Gasteiger partial charge in [-0.05, 0) is 50.1 Å². The lowest BCUT2D eigenvalue weighted by atomic mass is 10.1. The number of carbonyl (C=O) groups is 2. The summed E-state index contributed by atoms with van der Waals surface area (Å²) in [4.78, 5) is 26.5. The van der Waals surface area contributed by atoms with Crippen molar-refractivity contribution >= 4 is 40.1 Å². The number of aryl methyl sites for hydroxylation is 3. The summed E-state index contributed by atoms with van der Waals surface area (Å²) >= 11 is 6.02. The van der Waals surface area contributed by atoms with Crippen molar-refractivity contribution in [2.75, 3.05) is 18.9 Å². The third kappa shape index (κ3) is 3.83. The molecule has 0 atom stereocenters. The summed E-state index contributed by atoms with van der Waals surface area (Å²) in [6, 6.07) is 11.0. The number of nitrogens with one attached hydrogen (secondary N) is 1. The van der Waals surface area contributed by atoms with Crippen LogP contribution in [0.4, 0.5) is 5.69 Å². The normalized spacial score (nSPS) is 10.9. The Morgan fingerprint density at radius 1 is 1.11 bits per heavy atom. The van der Waals surface area contributed by atoms with E-state index in [-0.39, 0.29) is 24.1 Å². The lowest BCUT2D eigenvalue weighted by molar-refractivity contribution is -0.116. The molecule has 0 aliphatic rings. The van der Waals surface area contributed by atoms with Crippen molar-refractivity contribution in [3.63, 3.8) is 0 Å². The van der Waals surface area contributed by atoms with Crippen molar-refractivity contribution in [1.29, 1.82) is 0 Å². The first-order valence-corrected chi connectivity index (χ1v) is 8.96. The van der Waals surface area contributed by atoms with Gasteiger partial charge in [0, 0.05) is 28.7 Å². The van der Waals surface area contributed by atoms with Gasteiger partial charge >= 0.3 is 0 Å². The van der Waals surface area contributed by atoms with E-state index in [2.05, 4.69) is 5.32 Å². The van der Waals surface area contributed by atoms with E-state index in [0.29, 0.717) is 16.2 Å². The van der Waals surface area contributed by atoms with Gasteiger partial charge in [0.15, 0.2) is 5.76 Å². The molecule has 0 radical (unpaired) electrons. The third-order valence-corrected chi connectivity index (χ3v) is 4.80. The zero-order valence-corrected chi connectivity index (χ0v) is 16.5. The van der Waals surface area contributed by atoms with E-state index in [1.165, 1.54) is 4.90 Å². The van der Waals surface area contributed by atoms with E-state index in [9.17, 15) is 9.59 Å². The summed E-state index contributed by atoms with van der Waals surface area (Å²) in [6.45, 7) is 5.59. The minimum atomic E-state index is -0.350. The van der Waals surface area contributed by atoms with Crippen molar-refractivity contribution in [2.45, 2.75) is 20.8 Å². The van der Waals surface area contributed by atoms with E-state index in [1.807, 2.05) is 32.0 Å². The highest BCUT2D eigenvalue weighted by molar-refractivity contribution is 6.31. The minimum Gasteiger partial charge on any atom is -0.451 e. The predicted octanol–water partition coefficient (Wildman–Crippen LogP) is 4.72. The van der Waals surface area contributed by atoms with Gasteiger partial charge in [-0.1, -0.05) is 29.8 Å². The maximum atomic E-state index is 12.8. The molecule has 0 spiro atoms. The first-order valence-electron chi connectivity index (χ1n) is 8.58. The van der Waals surface area contributed by atoms with E-state index in [1.54, 1.807) is 32.2 Å². The van der Waals surface area contributed by atoms with Crippen LogP contribution in [-0.4, -0.2) is 30.3 Å². The first kappa shape index (κ1) is 19.0. The van der Waals surface area contributed by atoms with Gasteiger partial charge in [-0.3, -0.25) is 9.59 Å². The van der Waals surface area contributed by atoms with Crippen molar-refractivity contribution in [1.82, 2.24) is 4.90 Å². The predicted molar refractivity (Wildman–Crippen MR) is 107 cm³/mol. The van der Waals surface area contributed by atoms with Crippen LogP contribution in [0.1, 0.15) is 27.2 Å². The molecule has 0 aliphatic heterocycles. The number of benzene rings is 2. The first-order chi connectivity index (χ1) is 12.8. The molecule has 2 aromatic carbocycles. The Labute approximate surface area is 162 Å². The molecule has 5 nitrogen and oxygen atoms in total. The largest absolute Gasteiger partial charge is 0.451 e. The number of para-hydroxylation sites is 1. The molecule has 0 aliphatic carbocycles. The molecular formula is C21H21ClN2O3. The number of hydrogen-bond donors (Lipinski definition) is 1. The molecule has 2 amide bonds. The van der Waals surface area contributed by atoms with Gasteiger partial charge in [0.1, 0.15) is 5.58 Å². The smallest absolute Gasteiger partial charge is 0.290 e. The van der Waals surface area contributed by atoms with Gasteiger partial charge < -0.3 is 14.6 Å². The summed E-state index contributed by atoms with van der Waals surface area (Å²) < 4.78 is 5.69. The lowest BCUT2D eigenvalue weighted by Crippen LogP contribution is -2.35. The van der Waals surface area contributed by atoms with E-state index in [4.69, 9.17) is 16.0 Å². The van der Waals surface area contributed by atoms with Crippen LogP contribution in [0.3, 0.4) is 0 Å². The Hall–Kier alpha value is -2.79. The lowest BCUT2D eigenvalue weighted by Gasteiger charge is -2.17. The number of amides is 2. The summed E-state index contributed by atoms with van der Waals surface area (Å²) in [7, 11) is 1.58. The topological polar surface area (TPSA) is 62.6 Å². The molecule has 1 heterocycles. The second-order valence-corrected chi connectivity index (χ2v) is 7.11. The molecule has 3 rings (SSSR count). The van der Waals surface area contributed by atoms with Gasteiger partial charge in [-0.25, -0.2) is 0 Å². The van der Waals surface area contributed by atoms with Crippen molar-refractivity contribution in [3.05, 3.63) is 63.9 Å². The summed E-state index contributed by atoms with van der Waals surface area (Å²) in [5.41, 5.74) is 4.02. The number of rotatable bonds is 4. The Bertz CT molecular complexity index is 1020. The van der Waals surface area contributed by atoms with Crippen LogP contribution in [0.2, 0.25) is 5.02 Å². The molecule has 0 saturated heterocycles. The third-order valence-electron chi connectivity index (χ3n) is 4.57. The van der Waals surface area contributed by atoms with Gasteiger partial charge in [0.05, 0.1) is 6.54 Å². The number of carbonyl (C=O) groups excluding carboxylic acids is 2. The van der Waals surface area contributed by atoms with Crippen molar-refractivity contribution in [2.24, 2.45) is 0 Å². The number of hydrogen-bond acceptors (Lipinski definition) is 3. The van der Waals surface area contributed by atoms with Gasteiger partial charge in [0.25, 0.3) is 5.91 Å². The maximum Gasteiger partial charge on any atom is 0.290 e. The Balaban J connectivity index is 1.76. The Morgan fingerprint density at radius 2 is 1.78 bits per heavy atom. The molecule has 0 fully saturated rings. The SMILES string of the molecule is Cc1cccc(C)c1NC(=O)CN(C)C(=O)c1oc2ccc(Cl)cc2c1C. The monoisotopic (exact) mass is 384 g/mol. The van der Waals surface area contributed by atoms with Crippen LogP contribution < -0.4 is 5.32 Å². The van der Waals surface area contributed by atoms with Crippen LogP contribution in [0.5, 0.6) is 0 Å². The fourth-order valence-electron chi connectivity index (χ4n) is 3.05. The quantitative estimate of drug-likeness (QED) is 0.707. The van der Waals surface area contributed by atoms with Gasteiger partial charge in [-0.2, -0.15) is 0 Å². The fourth-order valence-corrected chi connectivity index (χ4v) is 3.22. The van der Waals surface area contributed by atoms with Gasteiger partial charge in [0.2, 0.25) is 5.91 Å². The molecule has 140 valence electrons. The number of fused-ring (bicyclic) bond motifs is 1. The summed E-state index contributed by atoms with van der Waals surface area (Å²) in [5.74, 6) is -0.397. The molecule has 0 bridgehead atoms. The molecule has 1 aromatic heterocycles. The number of likely N-dealkylation sites (N-methyl/N-ethyl adjacent to an activating group) is 1.